The molecule has 2 aromatic rings. The Morgan fingerprint density at radius 2 is 1.40 bits per heavy atom. The second-order valence-corrected chi connectivity index (χ2v) is 4.13. The maximum Gasteiger partial charge on any atom is 0.200 e. The standard InChI is InChI=1S/C12H10F5N3/c1-3-4-11(19-20(2)12(4)18)5-6(13)8(15)10(17)9(16)7(5)14/h3,18H2,1-2H3. The van der Waals surface area contributed by atoms with Gasteiger partial charge in [0, 0.05) is 12.6 Å². The smallest absolute Gasteiger partial charge is 0.200 e. The predicted molar refractivity (Wildman–Crippen MR) is 62.2 cm³/mol. The van der Waals surface area contributed by atoms with Crippen molar-refractivity contribution in [3.63, 3.8) is 0 Å². The summed E-state index contributed by atoms with van der Waals surface area (Å²) in [7, 11) is 1.41. The number of rotatable bonds is 2. The minimum Gasteiger partial charge on any atom is -0.384 e. The zero-order valence-corrected chi connectivity index (χ0v) is 10.6. The van der Waals surface area contributed by atoms with E-state index in [0.717, 1.165) is 4.68 Å². The van der Waals surface area contributed by atoms with Crippen LogP contribution < -0.4 is 5.73 Å². The van der Waals surface area contributed by atoms with Crippen LogP contribution in [0, 0.1) is 29.1 Å². The van der Waals surface area contributed by atoms with Gasteiger partial charge in [-0.2, -0.15) is 5.10 Å². The summed E-state index contributed by atoms with van der Waals surface area (Å²) in [4.78, 5) is 0. The van der Waals surface area contributed by atoms with E-state index in [2.05, 4.69) is 5.10 Å². The van der Waals surface area contributed by atoms with Gasteiger partial charge in [0.05, 0.1) is 5.56 Å². The first-order valence-electron chi connectivity index (χ1n) is 5.64. The van der Waals surface area contributed by atoms with Crippen molar-refractivity contribution in [2.24, 2.45) is 7.05 Å². The van der Waals surface area contributed by atoms with Crippen molar-refractivity contribution < 1.29 is 22.0 Å². The highest BCUT2D eigenvalue weighted by atomic mass is 19.2. The summed E-state index contributed by atoms with van der Waals surface area (Å²) in [6, 6.07) is 0. The average Bonchev–Trinajstić information content (AvgIpc) is 2.70. The van der Waals surface area contributed by atoms with Gasteiger partial charge in [0.15, 0.2) is 23.3 Å². The summed E-state index contributed by atoms with van der Waals surface area (Å²) < 4.78 is 68.0. The molecule has 1 heterocycles. The van der Waals surface area contributed by atoms with Crippen LogP contribution in [0.2, 0.25) is 0 Å². The molecule has 0 aliphatic heterocycles. The van der Waals surface area contributed by atoms with Gasteiger partial charge in [-0.1, -0.05) is 6.92 Å². The Bertz CT molecular complexity index is 664. The van der Waals surface area contributed by atoms with Gasteiger partial charge in [0.2, 0.25) is 5.82 Å². The number of aryl methyl sites for hydroxylation is 1. The van der Waals surface area contributed by atoms with Gasteiger partial charge in [-0.3, -0.25) is 4.68 Å². The number of nitrogens with two attached hydrogens (primary N) is 1. The summed E-state index contributed by atoms with van der Waals surface area (Å²) in [5.74, 6) is -9.96. The molecule has 0 fully saturated rings. The fourth-order valence-electron chi connectivity index (χ4n) is 1.94. The molecule has 0 bridgehead atoms. The number of benzene rings is 1. The van der Waals surface area contributed by atoms with Crippen molar-refractivity contribution >= 4 is 5.82 Å². The molecule has 2 rings (SSSR count). The first-order chi connectivity index (χ1) is 9.31. The van der Waals surface area contributed by atoms with Gasteiger partial charge in [-0.15, -0.1) is 0 Å². The number of anilines is 1. The SMILES string of the molecule is CCc1c(-c2c(F)c(F)c(F)c(F)c2F)nn(C)c1N. The number of nitrogens with zero attached hydrogens (tertiary/aromatic N) is 2. The molecular formula is C12H10F5N3. The molecular weight excluding hydrogens is 281 g/mol. The van der Waals surface area contributed by atoms with Gasteiger partial charge < -0.3 is 5.73 Å². The van der Waals surface area contributed by atoms with Crippen molar-refractivity contribution in [3.8, 4) is 11.3 Å². The topological polar surface area (TPSA) is 43.8 Å². The third-order valence-electron chi connectivity index (χ3n) is 2.99. The molecule has 0 saturated carbocycles. The first kappa shape index (κ1) is 14.3. The highest BCUT2D eigenvalue weighted by Gasteiger charge is 2.30. The molecule has 8 heteroatoms. The van der Waals surface area contributed by atoms with E-state index in [1.165, 1.54) is 7.05 Å². The molecule has 0 amide bonds. The number of hydrogen-bond donors (Lipinski definition) is 1. The van der Waals surface area contributed by atoms with E-state index in [-0.39, 0.29) is 23.5 Å². The monoisotopic (exact) mass is 291 g/mol. The van der Waals surface area contributed by atoms with Crippen LogP contribution in [0.15, 0.2) is 0 Å². The second kappa shape index (κ2) is 4.77. The molecule has 0 spiro atoms. The average molecular weight is 291 g/mol. The van der Waals surface area contributed by atoms with Crippen molar-refractivity contribution in [2.45, 2.75) is 13.3 Å². The molecule has 0 radical (unpaired) electrons. The molecule has 0 atom stereocenters. The van der Waals surface area contributed by atoms with Crippen LogP contribution in [-0.2, 0) is 13.5 Å². The third kappa shape index (κ3) is 1.83. The largest absolute Gasteiger partial charge is 0.384 e. The van der Waals surface area contributed by atoms with Crippen LogP contribution in [0.5, 0.6) is 0 Å². The van der Waals surface area contributed by atoms with Gasteiger partial charge in [-0.25, -0.2) is 22.0 Å². The van der Waals surface area contributed by atoms with Crippen LogP contribution >= 0.6 is 0 Å². The van der Waals surface area contributed by atoms with Crippen LogP contribution in [0.3, 0.4) is 0 Å². The number of nitrogen functional groups attached to an aromatic ring is 1. The highest BCUT2D eigenvalue weighted by molar-refractivity contribution is 5.69. The molecule has 0 aliphatic rings. The van der Waals surface area contributed by atoms with E-state index in [9.17, 15) is 22.0 Å². The van der Waals surface area contributed by atoms with E-state index in [1.54, 1.807) is 6.92 Å². The van der Waals surface area contributed by atoms with E-state index >= 15 is 0 Å². The Labute approximate surface area is 110 Å². The minimum atomic E-state index is -2.20. The fraction of sp³-hybridized carbons (Fsp3) is 0.250. The Morgan fingerprint density at radius 1 is 0.950 bits per heavy atom. The Hall–Kier alpha value is -2.12. The zero-order chi connectivity index (χ0) is 15.2. The van der Waals surface area contributed by atoms with E-state index in [4.69, 9.17) is 5.73 Å². The second-order valence-electron chi connectivity index (χ2n) is 4.13. The summed E-state index contributed by atoms with van der Waals surface area (Å²) in [6.45, 7) is 1.63. The van der Waals surface area contributed by atoms with Gasteiger partial charge in [-0.05, 0) is 6.42 Å². The molecule has 0 saturated heterocycles. The Morgan fingerprint density at radius 3 is 1.85 bits per heavy atom. The maximum absolute atomic E-state index is 13.7. The summed E-state index contributed by atoms with van der Waals surface area (Å²) >= 11 is 0. The van der Waals surface area contributed by atoms with Crippen LogP contribution in [-0.4, -0.2) is 9.78 Å². The normalized spacial score (nSPS) is 11.2. The lowest BCUT2D eigenvalue weighted by atomic mass is 10.0. The molecule has 2 N–H and O–H groups in total. The molecule has 1 aromatic carbocycles. The molecule has 3 nitrogen and oxygen atoms in total. The highest BCUT2D eigenvalue weighted by Crippen LogP contribution is 2.34. The molecule has 108 valence electrons. The quantitative estimate of drug-likeness (QED) is 0.525. The van der Waals surface area contributed by atoms with Gasteiger partial charge in [0.1, 0.15) is 11.5 Å². The maximum atomic E-state index is 13.7. The lowest BCUT2D eigenvalue weighted by Gasteiger charge is -2.07. The van der Waals surface area contributed by atoms with Crippen molar-refractivity contribution in [2.75, 3.05) is 5.73 Å². The number of aromatic nitrogens is 2. The summed E-state index contributed by atoms with van der Waals surface area (Å²) in [5.41, 5.74) is 4.46. The fourth-order valence-corrected chi connectivity index (χ4v) is 1.94. The predicted octanol–water partition coefficient (Wildman–Crippen LogP) is 2.93. The number of halogens is 5. The van der Waals surface area contributed by atoms with Crippen molar-refractivity contribution in [3.05, 3.63) is 34.6 Å². The van der Waals surface area contributed by atoms with Gasteiger partial charge >= 0.3 is 0 Å². The van der Waals surface area contributed by atoms with Crippen molar-refractivity contribution in [1.29, 1.82) is 0 Å². The molecule has 0 aliphatic carbocycles. The summed E-state index contributed by atoms with van der Waals surface area (Å²) in [5, 5.41) is 3.74. The lowest BCUT2D eigenvalue weighted by Crippen LogP contribution is -2.05. The Kier molecular flexibility index (Phi) is 3.41. The van der Waals surface area contributed by atoms with E-state index in [1.807, 2.05) is 0 Å². The molecule has 0 unspecified atom stereocenters. The van der Waals surface area contributed by atoms with Crippen LogP contribution in [0.4, 0.5) is 27.8 Å². The van der Waals surface area contributed by atoms with Gasteiger partial charge in [0.25, 0.3) is 0 Å². The molecule has 20 heavy (non-hydrogen) atoms. The first-order valence-corrected chi connectivity index (χ1v) is 5.64. The summed E-state index contributed by atoms with van der Waals surface area (Å²) in [6.07, 6.45) is 0.231. The number of hydrogen-bond acceptors (Lipinski definition) is 2. The van der Waals surface area contributed by atoms with E-state index in [0.29, 0.717) is 0 Å². The lowest BCUT2D eigenvalue weighted by molar-refractivity contribution is 0.381. The van der Waals surface area contributed by atoms with Crippen LogP contribution in [0.1, 0.15) is 12.5 Å². The van der Waals surface area contributed by atoms with Crippen molar-refractivity contribution in [1.82, 2.24) is 9.78 Å². The van der Waals surface area contributed by atoms with Crippen LogP contribution in [0.25, 0.3) is 11.3 Å². The zero-order valence-electron chi connectivity index (χ0n) is 10.6. The Balaban J connectivity index is 2.87. The third-order valence-corrected chi connectivity index (χ3v) is 2.99. The molecule has 1 aromatic heterocycles. The van der Waals surface area contributed by atoms with E-state index < -0.39 is 34.6 Å². The minimum absolute atomic E-state index is 0.103.